The van der Waals surface area contributed by atoms with E-state index in [-0.39, 0.29) is 17.7 Å². The van der Waals surface area contributed by atoms with Crippen LogP contribution in [0.25, 0.3) is 11.1 Å². The molecule has 1 amide bonds. The number of rotatable bonds is 4. The molecular weight excluding hydrogens is 294 g/mol. The number of nitrogens with zero attached hydrogens (tertiary/aromatic N) is 1. The summed E-state index contributed by atoms with van der Waals surface area (Å²) < 4.78 is 6.68. The third-order valence-corrected chi connectivity index (χ3v) is 5.00. The van der Waals surface area contributed by atoms with Gasteiger partial charge in [0.05, 0.1) is 5.52 Å². The smallest absolute Gasteiger partial charge is 0.408 e. The Morgan fingerprint density at radius 1 is 1.30 bits per heavy atom. The van der Waals surface area contributed by atoms with Crippen molar-refractivity contribution < 1.29 is 9.21 Å². The van der Waals surface area contributed by atoms with Gasteiger partial charge in [0, 0.05) is 32.1 Å². The number of aromatic nitrogens is 1. The quantitative estimate of drug-likeness (QED) is 0.891. The Balaban J connectivity index is 1.48. The molecule has 1 aliphatic carbocycles. The lowest BCUT2D eigenvalue weighted by molar-refractivity contribution is -0.124. The summed E-state index contributed by atoms with van der Waals surface area (Å²) in [5.41, 5.74) is 2.53. The fourth-order valence-corrected chi connectivity index (χ4v) is 3.49. The molecule has 0 spiro atoms. The summed E-state index contributed by atoms with van der Waals surface area (Å²) in [6, 6.07) is 6.39. The molecular formula is C17H21N3O3. The predicted molar refractivity (Wildman–Crippen MR) is 86.0 cm³/mol. The normalized spacial score (nSPS) is 24.8. The van der Waals surface area contributed by atoms with Gasteiger partial charge in [0.25, 0.3) is 0 Å². The van der Waals surface area contributed by atoms with Crippen molar-refractivity contribution >= 4 is 17.0 Å². The largest absolute Gasteiger partial charge is 0.419 e. The van der Waals surface area contributed by atoms with Gasteiger partial charge < -0.3 is 15.1 Å². The Hall–Kier alpha value is -2.08. The fraction of sp³-hybridized carbons (Fsp3) is 0.529. The molecule has 1 aromatic carbocycles. The first-order valence-electron chi connectivity index (χ1n) is 8.23. The summed E-state index contributed by atoms with van der Waals surface area (Å²) in [5, 5.41) is 6.73. The summed E-state index contributed by atoms with van der Waals surface area (Å²) >= 11 is 0. The molecule has 1 aliphatic heterocycles. The Morgan fingerprint density at radius 3 is 2.91 bits per heavy atom. The van der Waals surface area contributed by atoms with E-state index in [9.17, 15) is 9.59 Å². The molecule has 1 saturated heterocycles. The molecule has 0 radical (unpaired) electrons. The third kappa shape index (κ3) is 2.79. The molecule has 6 nitrogen and oxygen atoms in total. The van der Waals surface area contributed by atoms with Crippen LogP contribution in [-0.4, -0.2) is 22.6 Å². The highest BCUT2D eigenvalue weighted by atomic mass is 16.4. The molecule has 6 heteroatoms. The number of amides is 1. The molecule has 2 heterocycles. The lowest BCUT2D eigenvalue weighted by Crippen LogP contribution is -2.54. The van der Waals surface area contributed by atoms with Crippen LogP contribution in [0.5, 0.6) is 0 Å². The standard InChI is InChI=1S/C17H21N3O3/c1-20-13-8-10(2-6-14(13)23-17(20)22)9-18-12-5-7-15(21)19-16(12)11-3-4-11/h2,6,8,11-12,16,18H,3-5,7,9H2,1H3,(H,19,21)/t12-,16+/m1/s1. The van der Waals surface area contributed by atoms with Gasteiger partial charge >= 0.3 is 5.76 Å². The Kier molecular flexibility index (Phi) is 3.49. The molecule has 2 N–H and O–H groups in total. The lowest BCUT2D eigenvalue weighted by atomic mass is 9.94. The molecule has 2 aliphatic rings. The number of hydrogen-bond donors (Lipinski definition) is 2. The van der Waals surface area contributed by atoms with Gasteiger partial charge in [-0.25, -0.2) is 4.79 Å². The van der Waals surface area contributed by atoms with Gasteiger partial charge in [0.1, 0.15) is 0 Å². The van der Waals surface area contributed by atoms with E-state index in [0.29, 0.717) is 24.0 Å². The minimum atomic E-state index is -0.339. The van der Waals surface area contributed by atoms with Crippen LogP contribution in [0.1, 0.15) is 31.2 Å². The van der Waals surface area contributed by atoms with E-state index in [2.05, 4.69) is 10.6 Å². The van der Waals surface area contributed by atoms with Crippen LogP contribution in [0.15, 0.2) is 27.4 Å². The minimum absolute atomic E-state index is 0.176. The molecule has 23 heavy (non-hydrogen) atoms. The molecule has 2 fully saturated rings. The maximum Gasteiger partial charge on any atom is 0.419 e. The van der Waals surface area contributed by atoms with Gasteiger partial charge in [0.15, 0.2) is 5.58 Å². The number of oxazole rings is 1. The van der Waals surface area contributed by atoms with Gasteiger partial charge in [-0.05, 0) is 42.9 Å². The Morgan fingerprint density at radius 2 is 2.13 bits per heavy atom. The van der Waals surface area contributed by atoms with Crippen LogP contribution in [0.2, 0.25) is 0 Å². The van der Waals surface area contributed by atoms with Crippen LogP contribution in [0.3, 0.4) is 0 Å². The monoisotopic (exact) mass is 315 g/mol. The Labute approximate surface area is 133 Å². The zero-order valence-corrected chi connectivity index (χ0v) is 13.2. The number of aryl methyl sites for hydroxylation is 1. The van der Waals surface area contributed by atoms with Crippen molar-refractivity contribution in [2.45, 2.75) is 44.3 Å². The van der Waals surface area contributed by atoms with E-state index in [1.165, 1.54) is 17.4 Å². The first-order valence-corrected chi connectivity index (χ1v) is 8.23. The SMILES string of the molecule is Cn1c(=O)oc2ccc(CN[C@@H]3CCC(=O)N[C@H]3C3CC3)cc21. The van der Waals surface area contributed by atoms with E-state index >= 15 is 0 Å². The van der Waals surface area contributed by atoms with Crippen molar-refractivity contribution in [3.63, 3.8) is 0 Å². The van der Waals surface area contributed by atoms with Crippen molar-refractivity contribution in [3.8, 4) is 0 Å². The van der Waals surface area contributed by atoms with Gasteiger partial charge in [-0.1, -0.05) is 6.07 Å². The summed E-state index contributed by atoms with van der Waals surface area (Å²) in [4.78, 5) is 23.2. The maximum absolute atomic E-state index is 11.6. The highest BCUT2D eigenvalue weighted by Gasteiger charge is 2.39. The molecule has 0 unspecified atom stereocenters. The van der Waals surface area contributed by atoms with Gasteiger partial charge in [-0.3, -0.25) is 9.36 Å². The number of piperidine rings is 1. The van der Waals surface area contributed by atoms with Crippen molar-refractivity contribution in [2.75, 3.05) is 0 Å². The van der Waals surface area contributed by atoms with E-state index in [1.54, 1.807) is 7.05 Å². The molecule has 0 bridgehead atoms. The number of carbonyl (C=O) groups excluding carboxylic acids is 1. The van der Waals surface area contributed by atoms with Crippen LogP contribution >= 0.6 is 0 Å². The molecule has 1 saturated carbocycles. The zero-order valence-electron chi connectivity index (χ0n) is 13.2. The second kappa shape index (κ2) is 5.53. The van der Waals surface area contributed by atoms with E-state index in [1.807, 2.05) is 18.2 Å². The second-order valence-corrected chi connectivity index (χ2v) is 6.69. The molecule has 2 aromatic rings. The van der Waals surface area contributed by atoms with Crippen LogP contribution in [-0.2, 0) is 18.4 Å². The predicted octanol–water partition coefficient (Wildman–Crippen LogP) is 1.28. The number of benzene rings is 1. The van der Waals surface area contributed by atoms with E-state index in [4.69, 9.17) is 4.42 Å². The Bertz CT molecular complexity index is 803. The highest BCUT2D eigenvalue weighted by molar-refractivity contribution is 5.77. The first kappa shape index (κ1) is 14.5. The zero-order chi connectivity index (χ0) is 16.0. The number of nitrogens with one attached hydrogen (secondary N) is 2. The number of fused-ring (bicyclic) bond motifs is 1. The number of hydrogen-bond acceptors (Lipinski definition) is 4. The summed E-state index contributed by atoms with van der Waals surface area (Å²) in [6.07, 6.45) is 3.91. The molecule has 1 aromatic heterocycles. The van der Waals surface area contributed by atoms with Crippen LogP contribution < -0.4 is 16.4 Å². The van der Waals surface area contributed by atoms with Crippen LogP contribution in [0, 0.1) is 5.92 Å². The molecule has 4 rings (SSSR count). The topological polar surface area (TPSA) is 76.3 Å². The summed E-state index contributed by atoms with van der Waals surface area (Å²) in [6.45, 7) is 0.721. The van der Waals surface area contributed by atoms with Gasteiger partial charge in [-0.2, -0.15) is 0 Å². The fourth-order valence-electron chi connectivity index (χ4n) is 3.49. The van der Waals surface area contributed by atoms with Gasteiger partial charge in [0.2, 0.25) is 5.91 Å². The average Bonchev–Trinajstić information content (AvgIpc) is 3.34. The average molecular weight is 315 g/mol. The first-order chi connectivity index (χ1) is 11.1. The van der Waals surface area contributed by atoms with Crippen LogP contribution in [0.4, 0.5) is 0 Å². The lowest BCUT2D eigenvalue weighted by Gasteiger charge is -2.33. The summed E-state index contributed by atoms with van der Waals surface area (Å²) in [5.74, 6) is 0.470. The maximum atomic E-state index is 11.6. The third-order valence-electron chi connectivity index (χ3n) is 5.00. The van der Waals surface area contributed by atoms with E-state index in [0.717, 1.165) is 24.0 Å². The van der Waals surface area contributed by atoms with Crippen molar-refractivity contribution in [3.05, 3.63) is 34.3 Å². The van der Waals surface area contributed by atoms with Crippen molar-refractivity contribution in [1.29, 1.82) is 0 Å². The molecule has 122 valence electrons. The van der Waals surface area contributed by atoms with Crippen molar-refractivity contribution in [2.24, 2.45) is 13.0 Å². The van der Waals surface area contributed by atoms with E-state index < -0.39 is 0 Å². The van der Waals surface area contributed by atoms with Gasteiger partial charge in [-0.15, -0.1) is 0 Å². The van der Waals surface area contributed by atoms with Crippen molar-refractivity contribution in [1.82, 2.24) is 15.2 Å². The highest BCUT2D eigenvalue weighted by Crippen LogP contribution is 2.36. The number of carbonyl (C=O) groups is 1. The minimum Gasteiger partial charge on any atom is -0.408 e. The summed E-state index contributed by atoms with van der Waals surface area (Å²) in [7, 11) is 1.71. The second-order valence-electron chi connectivity index (χ2n) is 6.69. The molecule has 2 atom stereocenters.